The summed E-state index contributed by atoms with van der Waals surface area (Å²) in [6.07, 6.45) is 11.1. The highest BCUT2D eigenvalue weighted by atomic mass is 16.5. The van der Waals surface area contributed by atoms with Gasteiger partial charge in [-0.3, -0.25) is 4.79 Å². The van der Waals surface area contributed by atoms with Crippen LogP contribution in [0.15, 0.2) is 159 Å². The molecule has 0 fully saturated rings. The lowest BCUT2D eigenvalue weighted by molar-refractivity contribution is -0.122. The number of hydrogen-bond acceptors (Lipinski definition) is 9. The molecule has 0 bridgehead atoms. The third-order valence-corrected chi connectivity index (χ3v) is 11.2. The molecule has 13 nitrogen and oxygen atoms in total. The Balaban J connectivity index is 1.25. The molecule has 4 unspecified atom stereocenters. The van der Waals surface area contributed by atoms with Crippen molar-refractivity contribution in [1.29, 1.82) is 0 Å². The number of para-hydroxylation sites is 6. The zero-order chi connectivity index (χ0) is 40.6. The van der Waals surface area contributed by atoms with E-state index in [0.29, 0.717) is 45.6 Å². The van der Waals surface area contributed by atoms with Gasteiger partial charge in [0.2, 0.25) is 0 Å². The monoisotopic (exact) mass is 792 g/mol. The number of benzene rings is 4. The molecule has 0 aliphatic carbocycles. The molecule has 0 amide bonds. The highest BCUT2D eigenvalue weighted by Crippen LogP contribution is 2.47. The van der Waals surface area contributed by atoms with Crippen LogP contribution in [0.3, 0.4) is 0 Å². The van der Waals surface area contributed by atoms with Gasteiger partial charge >= 0.3 is 0 Å². The summed E-state index contributed by atoms with van der Waals surface area (Å²) in [7, 11) is 3.27. The molecule has 6 heterocycles. The number of fused-ring (bicyclic) bond motifs is 4. The van der Waals surface area contributed by atoms with Crippen molar-refractivity contribution < 1.29 is 14.3 Å². The third-order valence-electron chi connectivity index (χ3n) is 11.2. The molecule has 0 saturated heterocycles. The van der Waals surface area contributed by atoms with Crippen LogP contribution in [0.25, 0.3) is 33.1 Å². The van der Waals surface area contributed by atoms with Gasteiger partial charge in [0.25, 0.3) is 0 Å². The molecule has 0 spiro atoms. The third kappa shape index (κ3) is 6.51. The van der Waals surface area contributed by atoms with Crippen molar-refractivity contribution in [2.45, 2.75) is 23.9 Å². The standard InChI is InChI=1S/C47H40N10O3/c1-59-39-19-9-7-17-35(39)54-45(37-27-56-41(52-37)21-11-23-50-56)43(31-25-48-33-15-5-3-13-29(31)33)47(58)44(32-26-49-34-16-6-4-14-30(32)34)46(55-36-18-8-10-20-40(36)60-2)38-28-57-42(53-38)22-12-24-51-57/h3-28,43-46,48-49,54-55H,1-2H3. The maximum absolute atomic E-state index is 16.8. The lowest BCUT2D eigenvalue weighted by Gasteiger charge is -2.34. The fraction of sp³-hybridized carbons (Fsp3) is 0.128. The number of aromatic nitrogens is 8. The summed E-state index contributed by atoms with van der Waals surface area (Å²) < 4.78 is 15.2. The molecular formula is C47H40N10O3. The number of Topliss-reactive ketones (excluding diaryl/α,β-unsaturated/α-hetero) is 1. The molecule has 10 rings (SSSR count). The maximum atomic E-state index is 16.8. The van der Waals surface area contributed by atoms with Crippen LogP contribution in [0.4, 0.5) is 11.4 Å². The predicted octanol–water partition coefficient (Wildman–Crippen LogP) is 8.90. The van der Waals surface area contributed by atoms with Crippen molar-refractivity contribution in [2.24, 2.45) is 0 Å². The van der Waals surface area contributed by atoms with E-state index in [-0.39, 0.29) is 5.78 Å². The number of rotatable bonds is 14. The van der Waals surface area contributed by atoms with Gasteiger partial charge < -0.3 is 30.1 Å². The van der Waals surface area contributed by atoms with E-state index in [2.05, 4.69) is 30.8 Å². The molecule has 0 radical (unpaired) electrons. The van der Waals surface area contributed by atoms with Crippen LogP contribution < -0.4 is 20.1 Å². The summed E-state index contributed by atoms with van der Waals surface area (Å²) in [4.78, 5) is 34.0. The number of imidazole rings is 2. The molecule has 0 aliphatic heterocycles. The van der Waals surface area contributed by atoms with Gasteiger partial charge in [-0.15, -0.1) is 0 Å². The Labute approximate surface area is 344 Å². The molecule has 296 valence electrons. The average Bonchev–Trinajstić information content (AvgIpc) is 4.11. The maximum Gasteiger partial charge on any atom is 0.153 e. The Bertz CT molecular complexity index is 2850. The second kappa shape index (κ2) is 15.4. The van der Waals surface area contributed by atoms with Gasteiger partial charge in [0.05, 0.1) is 73.3 Å². The van der Waals surface area contributed by atoms with Crippen LogP contribution >= 0.6 is 0 Å². The zero-order valence-electron chi connectivity index (χ0n) is 32.7. The summed E-state index contributed by atoms with van der Waals surface area (Å²) >= 11 is 0. The van der Waals surface area contributed by atoms with E-state index < -0.39 is 23.9 Å². The van der Waals surface area contributed by atoms with Crippen molar-refractivity contribution in [3.63, 3.8) is 0 Å². The number of H-pyrrole nitrogens is 2. The molecule has 4 aromatic carbocycles. The van der Waals surface area contributed by atoms with Crippen molar-refractivity contribution >= 4 is 50.3 Å². The number of hydrogen-bond donors (Lipinski definition) is 4. The molecule has 60 heavy (non-hydrogen) atoms. The highest BCUT2D eigenvalue weighted by molar-refractivity contribution is 6.01. The van der Waals surface area contributed by atoms with Crippen molar-refractivity contribution in [3.8, 4) is 11.5 Å². The number of nitrogens with one attached hydrogen (secondary N) is 4. The molecule has 6 aromatic heterocycles. The van der Waals surface area contributed by atoms with Crippen molar-refractivity contribution in [3.05, 3.63) is 181 Å². The number of carbonyl (C=O) groups excluding carboxylic acids is 1. The summed E-state index contributed by atoms with van der Waals surface area (Å²) in [5, 5.41) is 18.5. The minimum Gasteiger partial charge on any atom is -0.495 e. The zero-order valence-corrected chi connectivity index (χ0v) is 32.7. The fourth-order valence-corrected chi connectivity index (χ4v) is 8.41. The van der Waals surface area contributed by atoms with Gasteiger partial charge in [0, 0.05) is 46.6 Å². The number of ether oxygens (including phenoxy) is 2. The van der Waals surface area contributed by atoms with Crippen LogP contribution in [-0.2, 0) is 4.79 Å². The Hall–Kier alpha value is -7.93. The number of methoxy groups -OCH3 is 2. The molecule has 0 saturated carbocycles. The first-order chi connectivity index (χ1) is 29.6. The minimum atomic E-state index is -0.869. The lowest BCUT2D eigenvalue weighted by atomic mass is 9.75. The normalized spacial score (nSPS) is 13.6. The minimum absolute atomic E-state index is 0.0978. The van der Waals surface area contributed by atoms with E-state index >= 15 is 4.79 Å². The van der Waals surface area contributed by atoms with E-state index in [4.69, 9.17) is 19.4 Å². The van der Waals surface area contributed by atoms with Crippen molar-refractivity contribution in [2.75, 3.05) is 24.9 Å². The SMILES string of the molecule is COc1ccccc1NC(c1cn2ncccc2n1)C(C(=O)C(c1c[nH]c2ccccc12)C(Nc1ccccc1OC)c1cn2ncccc2n1)c1c[nH]c2ccccc12. The number of aromatic amines is 2. The molecule has 4 N–H and O–H groups in total. The van der Waals surface area contributed by atoms with Gasteiger partial charge in [-0.1, -0.05) is 60.7 Å². The van der Waals surface area contributed by atoms with Crippen LogP contribution in [0.2, 0.25) is 0 Å². The average molecular weight is 793 g/mol. The quantitative estimate of drug-likeness (QED) is 0.0846. The first-order valence-electron chi connectivity index (χ1n) is 19.6. The van der Waals surface area contributed by atoms with E-state index in [1.165, 1.54) is 0 Å². The number of anilines is 2. The second-order valence-corrected chi connectivity index (χ2v) is 14.6. The number of carbonyl (C=O) groups is 1. The Morgan fingerprint density at radius 3 is 1.45 bits per heavy atom. The summed E-state index contributed by atoms with van der Waals surface area (Å²) in [5.74, 6) is -0.593. The van der Waals surface area contributed by atoms with E-state index in [9.17, 15) is 0 Å². The molecule has 13 heteroatoms. The smallest absolute Gasteiger partial charge is 0.153 e. The molecule has 10 aromatic rings. The van der Waals surface area contributed by atoms with Gasteiger partial charge in [0.1, 0.15) is 11.5 Å². The van der Waals surface area contributed by atoms with Gasteiger partial charge in [-0.25, -0.2) is 19.0 Å². The summed E-state index contributed by atoms with van der Waals surface area (Å²) in [6.45, 7) is 0. The van der Waals surface area contributed by atoms with Crippen LogP contribution in [0.1, 0.15) is 46.4 Å². The van der Waals surface area contributed by atoms with Crippen LogP contribution in [0, 0.1) is 0 Å². The topological polar surface area (TPSA) is 152 Å². The summed E-state index contributed by atoms with van der Waals surface area (Å²) in [6, 6.07) is 37.5. The fourth-order valence-electron chi connectivity index (χ4n) is 8.41. The molecule has 0 aliphatic rings. The highest BCUT2D eigenvalue weighted by Gasteiger charge is 2.44. The Kier molecular flexibility index (Phi) is 9.37. The first kappa shape index (κ1) is 36.4. The Morgan fingerprint density at radius 2 is 1.00 bits per heavy atom. The molecular weight excluding hydrogens is 753 g/mol. The van der Waals surface area contributed by atoms with Gasteiger partial charge in [-0.2, -0.15) is 10.2 Å². The van der Waals surface area contributed by atoms with Crippen LogP contribution in [-0.4, -0.2) is 59.2 Å². The van der Waals surface area contributed by atoms with Gasteiger partial charge in [0.15, 0.2) is 17.1 Å². The predicted molar refractivity (Wildman–Crippen MR) is 232 cm³/mol. The second-order valence-electron chi connectivity index (χ2n) is 14.6. The number of ketones is 1. The largest absolute Gasteiger partial charge is 0.495 e. The van der Waals surface area contributed by atoms with Gasteiger partial charge in [-0.05, 0) is 71.8 Å². The number of nitrogens with zero attached hydrogens (tertiary/aromatic N) is 6. The lowest BCUT2D eigenvalue weighted by Crippen LogP contribution is -2.35. The van der Waals surface area contributed by atoms with E-state index in [1.807, 2.05) is 146 Å². The van der Waals surface area contributed by atoms with Crippen LogP contribution in [0.5, 0.6) is 11.5 Å². The molecule has 4 atom stereocenters. The summed E-state index contributed by atoms with van der Waals surface area (Å²) in [5.41, 5.74) is 7.32. The Morgan fingerprint density at radius 1 is 0.567 bits per heavy atom. The van der Waals surface area contributed by atoms with E-state index in [0.717, 1.165) is 32.9 Å². The first-order valence-corrected chi connectivity index (χ1v) is 19.6. The van der Waals surface area contributed by atoms with Crippen molar-refractivity contribution in [1.82, 2.24) is 39.2 Å². The van der Waals surface area contributed by atoms with E-state index in [1.54, 1.807) is 35.6 Å².